The molecule has 1 aromatic carbocycles. The molecule has 21 heavy (non-hydrogen) atoms. The summed E-state index contributed by atoms with van der Waals surface area (Å²) in [5.41, 5.74) is 0.193. The van der Waals surface area contributed by atoms with Crippen LogP contribution in [0.5, 0.6) is 0 Å². The molecule has 2 rings (SSSR count). The first kappa shape index (κ1) is 16.0. The van der Waals surface area contributed by atoms with Gasteiger partial charge < -0.3 is 4.52 Å². The number of benzene rings is 1. The summed E-state index contributed by atoms with van der Waals surface area (Å²) in [6.45, 7) is 4.89. The standard InChI is InChI=1S/C14H17ClN2O3S/c1-10-13(11(2)20-16-10)21(18,19)17-14(3,9-15)12-7-5-4-6-8-12/h4-8,17H,9H2,1-3H3. The smallest absolute Gasteiger partial charge is 0.246 e. The van der Waals surface area contributed by atoms with Crippen LogP contribution in [0.4, 0.5) is 0 Å². The van der Waals surface area contributed by atoms with Gasteiger partial charge in [-0.05, 0) is 26.3 Å². The van der Waals surface area contributed by atoms with Crippen LogP contribution in [0.15, 0.2) is 39.8 Å². The van der Waals surface area contributed by atoms with Gasteiger partial charge in [0.05, 0.1) is 5.54 Å². The highest BCUT2D eigenvalue weighted by molar-refractivity contribution is 7.89. The molecule has 0 aliphatic rings. The molecule has 0 aliphatic carbocycles. The third-order valence-corrected chi connectivity index (χ3v) is 5.65. The van der Waals surface area contributed by atoms with Gasteiger partial charge in [0.15, 0.2) is 5.76 Å². The molecule has 1 atom stereocenters. The van der Waals surface area contributed by atoms with E-state index in [4.69, 9.17) is 16.1 Å². The summed E-state index contributed by atoms with van der Waals surface area (Å²) in [4.78, 5) is 0.0646. The Bertz CT molecular complexity index is 708. The Morgan fingerprint density at radius 1 is 1.29 bits per heavy atom. The number of halogens is 1. The van der Waals surface area contributed by atoms with Crippen molar-refractivity contribution >= 4 is 21.6 Å². The number of aryl methyl sites for hydroxylation is 2. The van der Waals surface area contributed by atoms with Crippen molar-refractivity contribution in [3.8, 4) is 0 Å². The van der Waals surface area contributed by atoms with Gasteiger partial charge >= 0.3 is 0 Å². The van der Waals surface area contributed by atoms with E-state index in [1.165, 1.54) is 0 Å². The van der Waals surface area contributed by atoms with Crippen molar-refractivity contribution in [2.45, 2.75) is 31.2 Å². The largest absolute Gasteiger partial charge is 0.360 e. The van der Waals surface area contributed by atoms with Gasteiger partial charge in [-0.2, -0.15) is 4.72 Å². The van der Waals surface area contributed by atoms with Crippen molar-refractivity contribution in [3.63, 3.8) is 0 Å². The minimum absolute atomic E-state index is 0.0646. The minimum Gasteiger partial charge on any atom is -0.360 e. The van der Waals surface area contributed by atoms with E-state index >= 15 is 0 Å². The Labute approximate surface area is 129 Å². The molecule has 0 fully saturated rings. The molecule has 1 N–H and O–H groups in total. The molecule has 0 saturated heterocycles. The quantitative estimate of drug-likeness (QED) is 0.857. The van der Waals surface area contributed by atoms with E-state index in [0.717, 1.165) is 5.56 Å². The third kappa shape index (κ3) is 3.12. The summed E-state index contributed by atoms with van der Waals surface area (Å²) in [5, 5.41) is 3.68. The van der Waals surface area contributed by atoms with E-state index < -0.39 is 15.6 Å². The Morgan fingerprint density at radius 3 is 2.38 bits per heavy atom. The van der Waals surface area contributed by atoms with Crippen molar-refractivity contribution in [2.75, 3.05) is 5.88 Å². The topological polar surface area (TPSA) is 72.2 Å². The SMILES string of the molecule is Cc1noc(C)c1S(=O)(=O)NC(C)(CCl)c1ccccc1. The van der Waals surface area contributed by atoms with Crippen LogP contribution in [-0.2, 0) is 15.6 Å². The lowest BCUT2D eigenvalue weighted by molar-refractivity contribution is 0.390. The molecule has 5 nitrogen and oxygen atoms in total. The van der Waals surface area contributed by atoms with E-state index in [1.54, 1.807) is 20.8 Å². The van der Waals surface area contributed by atoms with Crippen molar-refractivity contribution in [1.29, 1.82) is 0 Å². The molecule has 114 valence electrons. The highest BCUT2D eigenvalue weighted by Gasteiger charge is 2.34. The first-order chi connectivity index (χ1) is 9.80. The molecule has 0 spiro atoms. The minimum atomic E-state index is -3.79. The average Bonchev–Trinajstić information content (AvgIpc) is 2.79. The van der Waals surface area contributed by atoms with Crippen LogP contribution in [0.2, 0.25) is 0 Å². The predicted octanol–water partition coefficient (Wildman–Crippen LogP) is 2.72. The van der Waals surface area contributed by atoms with Crippen molar-refractivity contribution in [1.82, 2.24) is 9.88 Å². The molecular formula is C14H17ClN2O3S. The number of aromatic nitrogens is 1. The first-order valence-electron chi connectivity index (χ1n) is 6.38. The monoisotopic (exact) mass is 328 g/mol. The zero-order valence-electron chi connectivity index (χ0n) is 12.1. The molecule has 7 heteroatoms. The van der Waals surface area contributed by atoms with Gasteiger partial charge in [-0.25, -0.2) is 8.42 Å². The summed E-state index contributed by atoms with van der Waals surface area (Å²) in [7, 11) is -3.79. The molecule has 2 aromatic rings. The predicted molar refractivity (Wildman–Crippen MR) is 80.8 cm³/mol. The lowest BCUT2D eigenvalue weighted by Crippen LogP contribution is -2.45. The number of nitrogens with zero attached hydrogens (tertiary/aromatic N) is 1. The van der Waals surface area contributed by atoms with Crippen LogP contribution in [0.1, 0.15) is 23.9 Å². The molecule has 0 amide bonds. The number of hydrogen-bond acceptors (Lipinski definition) is 4. The van der Waals surface area contributed by atoms with Crippen LogP contribution in [0.25, 0.3) is 0 Å². The number of sulfonamides is 1. The van der Waals surface area contributed by atoms with Crippen LogP contribution in [-0.4, -0.2) is 19.5 Å². The molecule has 1 heterocycles. The van der Waals surface area contributed by atoms with Crippen molar-refractivity contribution in [3.05, 3.63) is 47.3 Å². The normalized spacial score (nSPS) is 14.9. The Morgan fingerprint density at radius 2 is 1.90 bits per heavy atom. The van der Waals surface area contributed by atoms with Gasteiger partial charge in [-0.3, -0.25) is 0 Å². The molecular weight excluding hydrogens is 312 g/mol. The second-order valence-corrected chi connectivity index (χ2v) is 6.98. The number of hydrogen-bond donors (Lipinski definition) is 1. The lowest BCUT2D eigenvalue weighted by atomic mass is 9.96. The third-order valence-electron chi connectivity index (χ3n) is 3.27. The van der Waals surface area contributed by atoms with Crippen LogP contribution in [0, 0.1) is 13.8 Å². The molecule has 0 radical (unpaired) electrons. The maximum absolute atomic E-state index is 12.6. The fourth-order valence-corrected chi connectivity index (χ4v) is 4.20. The summed E-state index contributed by atoms with van der Waals surface area (Å²) in [6, 6.07) is 9.20. The van der Waals surface area contributed by atoms with Gasteiger partial charge in [0.25, 0.3) is 0 Å². The number of rotatable bonds is 5. The second-order valence-electron chi connectivity index (χ2n) is 5.09. The highest BCUT2D eigenvalue weighted by atomic mass is 35.5. The van der Waals surface area contributed by atoms with Crippen LogP contribution >= 0.6 is 11.6 Å². The first-order valence-corrected chi connectivity index (χ1v) is 8.40. The van der Waals surface area contributed by atoms with Gasteiger partial charge in [-0.15, -0.1) is 11.6 Å². The highest BCUT2D eigenvalue weighted by Crippen LogP contribution is 2.27. The number of alkyl halides is 1. The summed E-state index contributed by atoms with van der Waals surface area (Å²) in [6.07, 6.45) is 0. The number of nitrogens with one attached hydrogen (secondary N) is 1. The Balaban J connectivity index is 2.43. The maximum Gasteiger partial charge on any atom is 0.246 e. The average molecular weight is 329 g/mol. The maximum atomic E-state index is 12.6. The van der Waals surface area contributed by atoms with E-state index in [9.17, 15) is 8.42 Å². The van der Waals surface area contributed by atoms with Gasteiger partial charge in [0, 0.05) is 5.88 Å². The van der Waals surface area contributed by atoms with Crippen LogP contribution in [0.3, 0.4) is 0 Å². The lowest BCUT2D eigenvalue weighted by Gasteiger charge is -2.28. The van der Waals surface area contributed by atoms with Gasteiger partial charge in [0.2, 0.25) is 10.0 Å². The van der Waals surface area contributed by atoms with E-state index in [2.05, 4.69) is 9.88 Å². The Kier molecular flexibility index (Phi) is 4.41. The Hall–Kier alpha value is -1.37. The summed E-state index contributed by atoms with van der Waals surface area (Å²) < 4.78 is 32.8. The fourth-order valence-electron chi connectivity index (χ4n) is 2.18. The summed E-state index contributed by atoms with van der Waals surface area (Å²) >= 11 is 6.02. The van der Waals surface area contributed by atoms with Gasteiger partial charge in [-0.1, -0.05) is 35.5 Å². The molecule has 0 aliphatic heterocycles. The molecule has 0 bridgehead atoms. The van der Waals surface area contributed by atoms with E-state index in [-0.39, 0.29) is 16.5 Å². The molecule has 1 unspecified atom stereocenters. The second kappa shape index (κ2) is 5.79. The van der Waals surface area contributed by atoms with Crippen LogP contribution < -0.4 is 4.72 Å². The zero-order valence-corrected chi connectivity index (χ0v) is 13.6. The van der Waals surface area contributed by atoms with Gasteiger partial charge in [0.1, 0.15) is 10.6 Å². The van der Waals surface area contributed by atoms with Crippen molar-refractivity contribution in [2.24, 2.45) is 0 Å². The van der Waals surface area contributed by atoms with E-state index in [1.807, 2.05) is 30.3 Å². The zero-order chi connectivity index (χ0) is 15.7. The van der Waals surface area contributed by atoms with Crippen molar-refractivity contribution < 1.29 is 12.9 Å². The summed E-state index contributed by atoms with van der Waals surface area (Å²) in [5.74, 6) is 0.351. The van der Waals surface area contributed by atoms with E-state index in [0.29, 0.717) is 5.69 Å². The molecule has 0 saturated carbocycles. The molecule has 1 aromatic heterocycles. The fraction of sp³-hybridized carbons (Fsp3) is 0.357.